The van der Waals surface area contributed by atoms with Crippen LogP contribution in [-0.4, -0.2) is 66.2 Å². The number of β-amino-alcohol motifs (C(OH)–C–C–N with tert-alkyl or cyclic N) is 1. The first kappa shape index (κ1) is 23.0. The summed E-state index contributed by atoms with van der Waals surface area (Å²) in [5.74, 6) is -1.80. The quantitative estimate of drug-likeness (QED) is 0.637. The number of aliphatic hydroxyl groups is 1. The fourth-order valence-electron chi connectivity index (χ4n) is 3.75. The predicted molar refractivity (Wildman–Crippen MR) is 117 cm³/mol. The Morgan fingerprint density at radius 3 is 2.79 bits per heavy atom. The Balaban J connectivity index is 1.44. The summed E-state index contributed by atoms with van der Waals surface area (Å²) in [5, 5.41) is 12.7. The highest BCUT2D eigenvalue weighted by Gasteiger charge is 2.38. The third-order valence-corrected chi connectivity index (χ3v) is 5.56. The number of anilines is 2. The zero-order valence-corrected chi connectivity index (χ0v) is 18.1. The van der Waals surface area contributed by atoms with Crippen molar-refractivity contribution < 1.29 is 33.0 Å². The van der Waals surface area contributed by atoms with Gasteiger partial charge in [0.25, 0.3) is 5.91 Å². The number of rotatable bonds is 5. The maximum Gasteiger partial charge on any atom is 0.253 e. The average Bonchev–Trinajstić information content (AvgIpc) is 3.39. The first-order valence-electron chi connectivity index (χ1n) is 10.2. The van der Waals surface area contributed by atoms with E-state index >= 15 is 0 Å². The first-order chi connectivity index (χ1) is 15.8. The van der Waals surface area contributed by atoms with E-state index in [0.29, 0.717) is 24.6 Å². The number of nitrogens with one attached hydrogen (secondary N) is 1. The van der Waals surface area contributed by atoms with Crippen LogP contribution in [0.2, 0.25) is 5.22 Å². The van der Waals surface area contributed by atoms with Gasteiger partial charge in [0, 0.05) is 31.3 Å². The van der Waals surface area contributed by atoms with Gasteiger partial charge in [0.05, 0.1) is 18.4 Å². The summed E-state index contributed by atoms with van der Waals surface area (Å²) in [5.41, 5.74) is 0.258. The van der Waals surface area contributed by atoms with Crippen LogP contribution in [0.5, 0.6) is 0 Å². The van der Waals surface area contributed by atoms with Crippen LogP contribution in [0.1, 0.15) is 12.2 Å². The molecule has 2 saturated heterocycles. The Morgan fingerprint density at radius 1 is 1.27 bits per heavy atom. The summed E-state index contributed by atoms with van der Waals surface area (Å²) in [6.45, 7) is 0.538. The molecular weight excluding hydrogens is 457 g/mol. The number of amides is 3. The van der Waals surface area contributed by atoms with Gasteiger partial charge in [0.15, 0.2) is 5.22 Å². The zero-order chi connectivity index (χ0) is 23.5. The lowest BCUT2D eigenvalue weighted by atomic mass is 10.1. The summed E-state index contributed by atoms with van der Waals surface area (Å²) in [6, 6.07) is 6.14. The minimum absolute atomic E-state index is 0.0139. The number of halogens is 2. The van der Waals surface area contributed by atoms with Crippen molar-refractivity contribution in [1.82, 2.24) is 4.90 Å². The van der Waals surface area contributed by atoms with Gasteiger partial charge < -0.3 is 29.4 Å². The summed E-state index contributed by atoms with van der Waals surface area (Å²) in [4.78, 5) is 40.0. The summed E-state index contributed by atoms with van der Waals surface area (Å²) >= 11 is 5.70. The normalized spacial score (nSPS) is 21.1. The van der Waals surface area contributed by atoms with Crippen molar-refractivity contribution in [2.24, 2.45) is 0 Å². The van der Waals surface area contributed by atoms with Gasteiger partial charge in [0.2, 0.25) is 11.8 Å². The Labute approximate surface area is 193 Å². The lowest BCUT2D eigenvalue weighted by Crippen LogP contribution is -2.42. The molecule has 1 aromatic heterocycles. The molecule has 3 amide bonds. The fraction of sp³-hybridized carbons (Fsp3) is 0.318. The van der Waals surface area contributed by atoms with E-state index < -0.39 is 29.8 Å². The highest BCUT2D eigenvalue weighted by molar-refractivity contribution is 6.28. The number of carbonyl (C=O) groups is 3. The Bertz CT molecular complexity index is 1100. The molecule has 2 N–H and O–H groups in total. The molecule has 0 radical (unpaired) electrons. The standard InChI is InChI=1S/C22H21ClFN3O6/c23-19-5-2-15(33-19)3-6-20(29)27-11-14(28)10-18(27)22(31)25-17-4-1-13(9-16(17)24)26-7-8-32-12-21(26)30/h1-6,9,14,18,28H,7-8,10-12H2,(H,25,31)/b6-3+/t14-,18-/m1/s1. The van der Waals surface area contributed by atoms with Crippen LogP contribution < -0.4 is 10.2 Å². The van der Waals surface area contributed by atoms with Crippen LogP contribution in [0, 0.1) is 5.82 Å². The third-order valence-electron chi connectivity index (χ3n) is 5.36. The first-order valence-corrected chi connectivity index (χ1v) is 10.6. The van der Waals surface area contributed by atoms with Crippen LogP contribution in [0.3, 0.4) is 0 Å². The van der Waals surface area contributed by atoms with Crippen LogP contribution in [0.15, 0.2) is 40.8 Å². The van der Waals surface area contributed by atoms with Gasteiger partial charge in [-0.2, -0.15) is 0 Å². The van der Waals surface area contributed by atoms with E-state index in [-0.39, 0.29) is 36.4 Å². The number of nitrogens with zero attached hydrogens (tertiary/aromatic N) is 2. The maximum atomic E-state index is 14.7. The zero-order valence-electron chi connectivity index (χ0n) is 17.4. The van der Waals surface area contributed by atoms with E-state index in [1.165, 1.54) is 40.2 Å². The van der Waals surface area contributed by atoms with E-state index in [1.54, 1.807) is 6.07 Å². The average molecular weight is 478 g/mol. The number of hydrogen-bond acceptors (Lipinski definition) is 6. The third kappa shape index (κ3) is 5.24. The molecule has 2 aliphatic rings. The molecule has 0 unspecified atom stereocenters. The largest absolute Gasteiger partial charge is 0.445 e. The molecule has 11 heteroatoms. The molecule has 0 bridgehead atoms. The van der Waals surface area contributed by atoms with Gasteiger partial charge in [-0.05, 0) is 48.0 Å². The molecule has 2 aliphatic heterocycles. The summed E-state index contributed by atoms with van der Waals surface area (Å²) < 4.78 is 24.9. The Morgan fingerprint density at radius 2 is 2.09 bits per heavy atom. The summed E-state index contributed by atoms with van der Waals surface area (Å²) in [6.07, 6.45) is 1.73. The lowest BCUT2D eigenvalue weighted by Gasteiger charge is -2.27. The number of benzene rings is 1. The number of carbonyl (C=O) groups excluding carboxylic acids is 3. The molecule has 9 nitrogen and oxygen atoms in total. The molecule has 2 fully saturated rings. The van der Waals surface area contributed by atoms with Crippen molar-refractivity contribution in [3.05, 3.63) is 53.2 Å². The number of likely N-dealkylation sites (tertiary alicyclic amines) is 1. The van der Waals surface area contributed by atoms with Crippen molar-refractivity contribution in [1.29, 1.82) is 0 Å². The van der Waals surface area contributed by atoms with Gasteiger partial charge >= 0.3 is 0 Å². The second-order valence-corrected chi connectivity index (χ2v) is 8.00. The highest BCUT2D eigenvalue weighted by Crippen LogP contribution is 2.26. The molecule has 4 rings (SSSR count). The Kier molecular flexibility index (Phi) is 6.77. The van der Waals surface area contributed by atoms with Crippen LogP contribution in [0.4, 0.5) is 15.8 Å². The number of furan rings is 1. The molecule has 0 saturated carbocycles. The van der Waals surface area contributed by atoms with Crippen molar-refractivity contribution >= 4 is 46.8 Å². The molecule has 2 aromatic rings. The van der Waals surface area contributed by atoms with E-state index in [2.05, 4.69) is 5.32 Å². The minimum atomic E-state index is -0.989. The predicted octanol–water partition coefficient (Wildman–Crippen LogP) is 2.05. The van der Waals surface area contributed by atoms with Gasteiger partial charge in [-0.3, -0.25) is 14.4 Å². The van der Waals surface area contributed by atoms with E-state index in [4.69, 9.17) is 20.8 Å². The number of ether oxygens (including phenoxy) is 1. The molecule has 33 heavy (non-hydrogen) atoms. The second-order valence-electron chi connectivity index (χ2n) is 7.62. The minimum Gasteiger partial charge on any atom is -0.445 e. The molecule has 0 spiro atoms. The van der Waals surface area contributed by atoms with Crippen LogP contribution in [0.25, 0.3) is 6.08 Å². The highest BCUT2D eigenvalue weighted by atomic mass is 35.5. The van der Waals surface area contributed by atoms with Crippen LogP contribution in [-0.2, 0) is 19.1 Å². The SMILES string of the molecule is O=C(Nc1ccc(N2CCOCC2=O)cc1F)[C@H]1C[C@@H](O)CN1C(=O)/C=C/c1ccc(Cl)o1. The Hall–Kier alpha value is -3.21. The second kappa shape index (κ2) is 9.74. The van der Waals surface area contributed by atoms with E-state index in [0.717, 1.165) is 6.07 Å². The monoisotopic (exact) mass is 477 g/mol. The van der Waals surface area contributed by atoms with Gasteiger partial charge in [-0.25, -0.2) is 4.39 Å². The topological polar surface area (TPSA) is 112 Å². The van der Waals surface area contributed by atoms with Crippen molar-refractivity contribution in [3.63, 3.8) is 0 Å². The van der Waals surface area contributed by atoms with Crippen molar-refractivity contribution in [3.8, 4) is 0 Å². The lowest BCUT2D eigenvalue weighted by molar-refractivity contribution is -0.132. The molecule has 0 aliphatic carbocycles. The molecular formula is C22H21ClFN3O6. The van der Waals surface area contributed by atoms with E-state index in [9.17, 15) is 23.9 Å². The molecule has 3 heterocycles. The van der Waals surface area contributed by atoms with E-state index in [1.807, 2.05) is 0 Å². The van der Waals surface area contributed by atoms with Gasteiger partial charge in [-0.15, -0.1) is 0 Å². The van der Waals surface area contributed by atoms with Crippen LogP contribution >= 0.6 is 11.6 Å². The number of aliphatic hydroxyl groups excluding tert-OH is 1. The van der Waals surface area contributed by atoms with Crippen molar-refractivity contribution in [2.45, 2.75) is 18.6 Å². The molecule has 1 aromatic carbocycles. The maximum absolute atomic E-state index is 14.7. The fourth-order valence-corrected chi connectivity index (χ4v) is 3.91. The summed E-state index contributed by atoms with van der Waals surface area (Å²) in [7, 11) is 0. The number of morpholine rings is 1. The smallest absolute Gasteiger partial charge is 0.253 e. The molecule has 174 valence electrons. The van der Waals surface area contributed by atoms with Gasteiger partial charge in [-0.1, -0.05) is 0 Å². The van der Waals surface area contributed by atoms with Crippen molar-refractivity contribution in [2.75, 3.05) is 36.5 Å². The molecule has 2 atom stereocenters. The number of hydrogen-bond donors (Lipinski definition) is 2. The van der Waals surface area contributed by atoms with Gasteiger partial charge in [0.1, 0.15) is 24.2 Å².